The van der Waals surface area contributed by atoms with Crippen molar-refractivity contribution in [1.29, 1.82) is 0 Å². The average molecular weight is 240 g/mol. The van der Waals surface area contributed by atoms with Gasteiger partial charge in [-0.15, -0.1) is 16.7 Å². The molecule has 0 N–H and O–H groups in total. The van der Waals surface area contributed by atoms with E-state index in [-0.39, 0.29) is 11.2 Å². The minimum absolute atomic E-state index is 0.130. The first-order valence-corrected chi connectivity index (χ1v) is 5.46. The molecule has 1 unspecified atom stereocenters. The number of nitrogens with zero attached hydrogens (tertiary/aromatic N) is 3. The second-order valence-electron chi connectivity index (χ2n) is 3.44. The van der Waals surface area contributed by atoms with Crippen molar-refractivity contribution in [2.45, 2.75) is 18.7 Å². The van der Waals surface area contributed by atoms with Crippen LogP contribution < -0.4 is 0 Å². The van der Waals surface area contributed by atoms with Crippen molar-refractivity contribution in [3.63, 3.8) is 0 Å². The molecule has 5 heteroatoms. The molecule has 0 saturated heterocycles. The van der Waals surface area contributed by atoms with E-state index in [1.165, 1.54) is 12.1 Å². The number of rotatable bonds is 3. The summed E-state index contributed by atoms with van der Waals surface area (Å²) < 4.78 is 14.3. The molecule has 0 aliphatic rings. The number of halogens is 2. The van der Waals surface area contributed by atoms with Gasteiger partial charge in [0.2, 0.25) is 0 Å². The van der Waals surface area contributed by atoms with Gasteiger partial charge in [-0.25, -0.2) is 9.07 Å². The summed E-state index contributed by atoms with van der Waals surface area (Å²) in [4.78, 5) is 0. The van der Waals surface area contributed by atoms with Gasteiger partial charge < -0.3 is 0 Å². The zero-order valence-corrected chi connectivity index (χ0v) is 9.52. The molecule has 84 valence electrons. The van der Waals surface area contributed by atoms with E-state index in [0.717, 1.165) is 17.8 Å². The van der Waals surface area contributed by atoms with Crippen molar-refractivity contribution in [1.82, 2.24) is 15.0 Å². The highest BCUT2D eigenvalue weighted by atomic mass is 35.5. The molecule has 1 aromatic heterocycles. The first kappa shape index (κ1) is 11.1. The van der Waals surface area contributed by atoms with Gasteiger partial charge in [0, 0.05) is 0 Å². The van der Waals surface area contributed by atoms with Gasteiger partial charge in [0.15, 0.2) is 0 Å². The molecule has 0 radical (unpaired) electrons. The van der Waals surface area contributed by atoms with E-state index in [2.05, 4.69) is 10.3 Å². The third kappa shape index (κ3) is 2.22. The summed E-state index contributed by atoms with van der Waals surface area (Å²) in [6.07, 6.45) is 2.55. The van der Waals surface area contributed by atoms with Gasteiger partial charge >= 0.3 is 0 Å². The Labute approximate surface area is 97.8 Å². The lowest BCUT2D eigenvalue weighted by Gasteiger charge is -2.00. The van der Waals surface area contributed by atoms with Crippen molar-refractivity contribution in [2.24, 2.45) is 0 Å². The Kier molecular flexibility index (Phi) is 3.19. The SMILES string of the molecule is CCC(Cl)c1cn(-c2ccc(F)cc2)nn1. The van der Waals surface area contributed by atoms with Crippen LogP contribution in [0.1, 0.15) is 24.4 Å². The van der Waals surface area contributed by atoms with Crippen LogP contribution in [0.2, 0.25) is 0 Å². The lowest BCUT2D eigenvalue weighted by molar-refractivity contribution is 0.626. The Morgan fingerprint density at radius 1 is 1.38 bits per heavy atom. The predicted octanol–water partition coefficient (Wildman–Crippen LogP) is 3.10. The molecule has 3 nitrogen and oxygen atoms in total. The zero-order chi connectivity index (χ0) is 11.5. The van der Waals surface area contributed by atoms with E-state index in [4.69, 9.17) is 11.6 Å². The van der Waals surface area contributed by atoms with Gasteiger partial charge in [0.25, 0.3) is 0 Å². The molecule has 1 atom stereocenters. The Morgan fingerprint density at radius 2 is 2.06 bits per heavy atom. The first-order chi connectivity index (χ1) is 7.70. The highest BCUT2D eigenvalue weighted by Crippen LogP contribution is 2.21. The third-order valence-corrected chi connectivity index (χ3v) is 2.81. The monoisotopic (exact) mass is 239 g/mol. The Hall–Kier alpha value is -1.42. The van der Waals surface area contributed by atoms with Gasteiger partial charge in [-0.05, 0) is 30.7 Å². The molecule has 2 aromatic rings. The lowest BCUT2D eigenvalue weighted by atomic mass is 10.2. The minimum Gasteiger partial charge on any atom is -0.220 e. The Morgan fingerprint density at radius 3 is 2.69 bits per heavy atom. The summed E-state index contributed by atoms with van der Waals surface area (Å²) >= 11 is 6.04. The fourth-order valence-electron chi connectivity index (χ4n) is 1.35. The standard InChI is InChI=1S/C11H11ClFN3/c1-2-10(12)11-7-16(15-14-11)9-5-3-8(13)4-6-9/h3-7,10H,2H2,1H3. The maximum absolute atomic E-state index is 12.7. The van der Waals surface area contributed by atoms with E-state index in [0.29, 0.717) is 0 Å². The first-order valence-electron chi connectivity index (χ1n) is 5.03. The van der Waals surface area contributed by atoms with Crippen LogP contribution in [0, 0.1) is 5.82 Å². The molecule has 0 aliphatic heterocycles. The van der Waals surface area contributed by atoms with Gasteiger partial charge in [0.1, 0.15) is 11.5 Å². The van der Waals surface area contributed by atoms with Crippen molar-refractivity contribution < 1.29 is 4.39 Å². The van der Waals surface area contributed by atoms with Crippen LogP contribution in [-0.4, -0.2) is 15.0 Å². The second kappa shape index (κ2) is 4.61. The summed E-state index contributed by atoms with van der Waals surface area (Å²) in [5.41, 5.74) is 1.49. The minimum atomic E-state index is -0.270. The van der Waals surface area contributed by atoms with E-state index in [1.807, 2.05) is 6.92 Å². The Bertz CT molecular complexity index is 466. The summed E-state index contributed by atoms with van der Waals surface area (Å²) in [5.74, 6) is -0.270. The predicted molar refractivity (Wildman–Crippen MR) is 60.2 cm³/mol. The highest BCUT2D eigenvalue weighted by molar-refractivity contribution is 6.20. The number of benzene rings is 1. The van der Waals surface area contributed by atoms with Gasteiger partial charge in [0.05, 0.1) is 17.3 Å². The van der Waals surface area contributed by atoms with E-state index < -0.39 is 0 Å². The second-order valence-corrected chi connectivity index (χ2v) is 3.97. The van der Waals surface area contributed by atoms with Crippen LogP contribution in [0.25, 0.3) is 5.69 Å². The molecule has 16 heavy (non-hydrogen) atoms. The topological polar surface area (TPSA) is 30.7 Å². The number of hydrogen-bond donors (Lipinski definition) is 0. The number of hydrogen-bond acceptors (Lipinski definition) is 2. The molecule has 0 amide bonds. The van der Waals surface area contributed by atoms with Gasteiger partial charge in [-0.3, -0.25) is 0 Å². The van der Waals surface area contributed by atoms with Crippen molar-refractivity contribution in [2.75, 3.05) is 0 Å². The summed E-state index contributed by atoms with van der Waals surface area (Å²) in [6.45, 7) is 1.98. The lowest BCUT2D eigenvalue weighted by Crippen LogP contribution is -1.94. The molecule has 0 fully saturated rings. The molecule has 1 heterocycles. The molecule has 0 saturated carbocycles. The molecule has 0 spiro atoms. The fraction of sp³-hybridized carbons (Fsp3) is 0.273. The van der Waals surface area contributed by atoms with Crippen LogP contribution in [0.5, 0.6) is 0 Å². The quantitative estimate of drug-likeness (QED) is 0.771. The van der Waals surface area contributed by atoms with Crippen LogP contribution in [0.3, 0.4) is 0 Å². The van der Waals surface area contributed by atoms with Crippen LogP contribution in [-0.2, 0) is 0 Å². The molecule has 1 aromatic carbocycles. The van der Waals surface area contributed by atoms with Gasteiger partial charge in [-0.2, -0.15) is 0 Å². The Balaban J connectivity index is 2.28. The third-order valence-electron chi connectivity index (χ3n) is 2.28. The molecular weight excluding hydrogens is 229 g/mol. The normalized spacial score (nSPS) is 12.7. The van der Waals surface area contributed by atoms with Crippen LogP contribution >= 0.6 is 11.6 Å². The van der Waals surface area contributed by atoms with Crippen molar-refractivity contribution in [3.05, 3.63) is 42.0 Å². The van der Waals surface area contributed by atoms with E-state index in [1.54, 1.807) is 23.0 Å². The summed E-state index contributed by atoms with van der Waals surface area (Å²) in [5, 5.41) is 7.79. The van der Waals surface area contributed by atoms with Crippen molar-refractivity contribution >= 4 is 11.6 Å². The fourth-order valence-corrected chi connectivity index (χ4v) is 1.45. The molecule has 2 rings (SSSR count). The maximum atomic E-state index is 12.7. The van der Waals surface area contributed by atoms with Crippen LogP contribution in [0.15, 0.2) is 30.5 Å². The smallest absolute Gasteiger partial charge is 0.123 e. The average Bonchev–Trinajstić information content (AvgIpc) is 2.78. The number of alkyl halides is 1. The largest absolute Gasteiger partial charge is 0.220 e. The molecule has 0 aliphatic carbocycles. The zero-order valence-electron chi connectivity index (χ0n) is 8.77. The van der Waals surface area contributed by atoms with E-state index >= 15 is 0 Å². The summed E-state index contributed by atoms with van der Waals surface area (Å²) in [6, 6.07) is 6.05. The van der Waals surface area contributed by atoms with E-state index in [9.17, 15) is 4.39 Å². The molecule has 0 bridgehead atoms. The summed E-state index contributed by atoms with van der Waals surface area (Å²) in [7, 11) is 0. The van der Waals surface area contributed by atoms with Crippen LogP contribution in [0.4, 0.5) is 4.39 Å². The van der Waals surface area contributed by atoms with Gasteiger partial charge in [-0.1, -0.05) is 12.1 Å². The maximum Gasteiger partial charge on any atom is 0.123 e. The molecular formula is C11H11ClFN3. The highest BCUT2D eigenvalue weighted by Gasteiger charge is 2.10. The van der Waals surface area contributed by atoms with Crippen molar-refractivity contribution in [3.8, 4) is 5.69 Å². The number of aromatic nitrogens is 3.